The predicted octanol–water partition coefficient (Wildman–Crippen LogP) is 5.46. The molecule has 0 fully saturated rings. The van der Waals surface area contributed by atoms with Crippen LogP contribution < -0.4 is 0 Å². The van der Waals surface area contributed by atoms with Crippen molar-refractivity contribution in [3.05, 3.63) is 77.9 Å². The van der Waals surface area contributed by atoms with Crippen LogP contribution in [0.15, 0.2) is 66.7 Å². The van der Waals surface area contributed by atoms with Crippen LogP contribution in [0.5, 0.6) is 5.75 Å². The largest absolute Gasteiger partial charge is 0.507 e. The van der Waals surface area contributed by atoms with Gasteiger partial charge in [0.1, 0.15) is 5.75 Å². The molecule has 1 aliphatic rings. The van der Waals surface area contributed by atoms with Gasteiger partial charge in [-0.05, 0) is 57.3 Å². The molecule has 0 atom stereocenters. The molecule has 1 aliphatic carbocycles. The Morgan fingerprint density at radius 1 is 0.696 bits per heavy atom. The van der Waals surface area contributed by atoms with Gasteiger partial charge >= 0.3 is 0 Å². The zero-order chi connectivity index (χ0) is 15.4. The Labute approximate surface area is 134 Å². The maximum atomic E-state index is 10.7. The fourth-order valence-electron chi connectivity index (χ4n) is 4.00. The third-order valence-electron chi connectivity index (χ3n) is 5.04. The van der Waals surface area contributed by atoms with Gasteiger partial charge in [-0.15, -0.1) is 0 Å². The van der Waals surface area contributed by atoms with Gasteiger partial charge < -0.3 is 5.11 Å². The molecular formula is C22H16O. The maximum absolute atomic E-state index is 10.7. The van der Waals surface area contributed by atoms with E-state index >= 15 is 0 Å². The number of phenolic OH excluding ortho intramolecular Hbond substituents is 1. The van der Waals surface area contributed by atoms with E-state index in [1.807, 2.05) is 18.2 Å². The molecule has 1 N–H and O–H groups in total. The lowest BCUT2D eigenvalue weighted by Gasteiger charge is -2.23. The van der Waals surface area contributed by atoms with Crippen LogP contribution in [0.2, 0.25) is 0 Å². The highest BCUT2D eigenvalue weighted by Crippen LogP contribution is 2.44. The van der Waals surface area contributed by atoms with Crippen molar-refractivity contribution >= 4 is 21.5 Å². The fraction of sp³-hybridized carbons (Fsp3) is 0.0909. The summed E-state index contributed by atoms with van der Waals surface area (Å²) in [6, 6.07) is 23.2. The van der Waals surface area contributed by atoms with E-state index in [9.17, 15) is 5.11 Å². The molecule has 110 valence electrons. The molecule has 4 aromatic rings. The minimum atomic E-state index is 0.398. The maximum Gasteiger partial charge on any atom is 0.124 e. The molecule has 0 aromatic heterocycles. The van der Waals surface area contributed by atoms with Crippen LogP contribution >= 0.6 is 0 Å². The van der Waals surface area contributed by atoms with Crippen molar-refractivity contribution in [3.8, 4) is 16.9 Å². The number of benzene rings is 4. The van der Waals surface area contributed by atoms with Crippen molar-refractivity contribution in [2.45, 2.75) is 12.8 Å². The van der Waals surface area contributed by atoms with Gasteiger partial charge in [0.2, 0.25) is 0 Å². The predicted molar refractivity (Wildman–Crippen MR) is 96.0 cm³/mol. The number of rotatable bonds is 0. The summed E-state index contributed by atoms with van der Waals surface area (Å²) in [6.45, 7) is 0. The molecule has 0 unspecified atom stereocenters. The highest BCUT2D eigenvalue weighted by molar-refractivity contribution is 6.15. The normalized spacial score (nSPS) is 13.0. The van der Waals surface area contributed by atoms with Crippen LogP contribution in [0.25, 0.3) is 32.7 Å². The molecule has 0 saturated heterocycles. The Morgan fingerprint density at radius 2 is 1.48 bits per heavy atom. The zero-order valence-corrected chi connectivity index (χ0v) is 12.7. The summed E-state index contributed by atoms with van der Waals surface area (Å²) in [5.41, 5.74) is 5.27. The first-order valence-electron chi connectivity index (χ1n) is 8.07. The number of aryl methyl sites for hydroxylation is 2. The smallest absolute Gasteiger partial charge is 0.124 e. The number of fused-ring (bicyclic) bond motifs is 7. The van der Waals surface area contributed by atoms with Gasteiger partial charge in [0.25, 0.3) is 0 Å². The lowest BCUT2D eigenvalue weighted by Crippen LogP contribution is -2.04. The number of hydrogen-bond acceptors (Lipinski definition) is 1. The standard InChI is InChI=1S/C22H16O/c23-20-13-16-10-9-14-5-1-3-7-17(14)21(16)19-12-11-15-6-2-4-8-18(15)22(19)20/h1-8,11-13,23H,9-10H2. The van der Waals surface area contributed by atoms with Gasteiger partial charge in [-0.3, -0.25) is 0 Å². The van der Waals surface area contributed by atoms with Gasteiger partial charge in [0.15, 0.2) is 0 Å². The summed E-state index contributed by atoms with van der Waals surface area (Å²) >= 11 is 0. The Balaban J connectivity index is 2.00. The second kappa shape index (κ2) is 4.60. The first-order chi connectivity index (χ1) is 11.3. The molecule has 0 amide bonds. The first kappa shape index (κ1) is 12.7. The highest BCUT2D eigenvalue weighted by atomic mass is 16.3. The van der Waals surface area contributed by atoms with Crippen molar-refractivity contribution in [1.29, 1.82) is 0 Å². The summed E-state index contributed by atoms with van der Waals surface area (Å²) in [7, 11) is 0. The van der Waals surface area contributed by atoms with Gasteiger partial charge in [0, 0.05) is 5.39 Å². The molecule has 23 heavy (non-hydrogen) atoms. The van der Waals surface area contributed by atoms with Crippen LogP contribution in [0.4, 0.5) is 0 Å². The van der Waals surface area contributed by atoms with E-state index in [0.717, 1.165) is 29.0 Å². The minimum Gasteiger partial charge on any atom is -0.507 e. The molecule has 1 nitrogen and oxygen atoms in total. The molecular weight excluding hydrogens is 280 g/mol. The summed E-state index contributed by atoms with van der Waals surface area (Å²) in [5, 5.41) is 15.1. The quantitative estimate of drug-likeness (QED) is 0.427. The summed E-state index contributed by atoms with van der Waals surface area (Å²) in [5.74, 6) is 0.398. The van der Waals surface area contributed by atoms with E-state index in [0.29, 0.717) is 5.75 Å². The lowest BCUT2D eigenvalue weighted by atomic mass is 9.82. The lowest BCUT2D eigenvalue weighted by molar-refractivity contribution is 0.481. The Hall–Kier alpha value is -2.80. The van der Waals surface area contributed by atoms with Crippen molar-refractivity contribution in [2.75, 3.05) is 0 Å². The molecule has 0 aliphatic heterocycles. The second-order valence-corrected chi connectivity index (χ2v) is 6.30. The zero-order valence-electron chi connectivity index (χ0n) is 12.7. The van der Waals surface area contributed by atoms with Gasteiger partial charge in [0.05, 0.1) is 0 Å². The topological polar surface area (TPSA) is 20.2 Å². The van der Waals surface area contributed by atoms with Crippen LogP contribution in [0, 0.1) is 0 Å². The Morgan fingerprint density at radius 3 is 2.43 bits per heavy atom. The SMILES string of the molecule is Oc1cc2c(c3ccc4ccccc4c13)-c1ccccc1CC2. The summed E-state index contributed by atoms with van der Waals surface area (Å²) in [6.07, 6.45) is 2.03. The molecule has 1 heteroatoms. The van der Waals surface area contributed by atoms with Crippen molar-refractivity contribution in [3.63, 3.8) is 0 Å². The van der Waals surface area contributed by atoms with E-state index in [4.69, 9.17) is 0 Å². The average Bonchev–Trinajstić information content (AvgIpc) is 2.61. The van der Waals surface area contributed by atoms with Crippen LogP contribution in [-0.2, 0) is 12.8 Å². The van der Waals surface area contributed by atoms with Crippen molar-refractivity contribution in [1.82, 2.24) is 0 Å². The first-order valence-corrected chi connectivity index (χ1v) is 8.07. The van der Waals surface area contributed by atoms with E-state index in [-0.39, 0.29) is 0 Å². The third kappa shape index (κ3) is 1.74. The van der Waals surface area contributed by atoms with E-state index in [2.05, 4.69) is 48.5 Å². The van der Waals surface area contributed by atoms with Crippen LogP contribution in [-0.4, -0.2) is 5.11 Å². The second-order valence-electron chi connectivity index (χ2n) is 6.30. The highest BCUT2D eigenvalue weighted by Gasteiger charge is 2.20. The minimum absolute atomic E-state index is 0.398. The number of phenols is 1. The molecule has 0 spiro atoms. The third-order valence-corrected chi connectivity index (χ3v) is 5.04. The fourth-order valence-corrected chi connectivity index (χ4v) is 4.00. The Kier molecular flexibility index (Phi) is 2.54. The number of aromatic hydroxyl groups is 1. The molecule has 5 rings (SSSR count). The molecule has 0 heterocycles. The number of hydrogen-bond donors (Lipinski definition) is 1. The summed E-state index contributed by atoms with van der Waals surface area (Å²) in [4.78, 5) is 0. The van der Waals surface area contributed by atoms with Gasteiger partial charge in [-0.1, -0.05) is 60.7 Å². The molecule has 0 radical (unpaired) electrons. The van der Waals surface area contributed by atoms with Crippen LogP contribution in [0.3, 0.4) is 0 Å². The molecule has 0 bridgehead atoms. The monoisotopic (exact) mass is 296 g/mol. The molecule has 4 aromatic carbocycles. The van der Waals surface area contributed by atoms with E-state index in [1.54, 1.807) is 0 Å². The summed E-state index contributed by atoms with van der Waals surface area (Å²) < 4.78 is 0. The van der Waals surface area contributed by atoms with Crippen molar-refractivity contribution < 1.29 is 5.11 Å². The average molecular weight is 296 g/mol. The van der Waals surface area contributed by atoms with E-state index in [1.165, 1.54) is 27.6 Å². The van der Waals surface area contributed by atoms with E-state index < -0.39 is 0 Å². The van der Waals surface area contributed by atoms with Crippen LogP contribution in [0.1, 0.15) is 11.1 Å². The van der Waals surface area contributed by atoms with Gasteiger partial charge in [-0.25, -0.2) is 0 Å². The Bertz CT molecular complexity index is 1080. The molecule has 0 saturated carbocycles. The van der Waals surface area contributed by atoms with Gasteiger partial charge in [-0.2, -0.15) is 0 Å². The van der Waals surface area contributed by atoms with Crippen molar-refractivity contribution in [2.24, 2.45) is 0 Å².